The Kier molecular flexibility index (Phi) is 6.87. The second kappa shape index (κ2) is 10.4. The van der Waals surface area contributed by atoms with Crippen LogP contribution in [0.4, 0.5) is 9.18 Å². The molecular formula is C28H22FN3O4S. The van der Waals surface area contributed by atoms with Gasteiger partial charge in [0.2, 0.25) is 0 Å². The van der Waals surface area contributed by atoms with E-state index < -0.39 is 11.1 Å². The van der Waals surface area contributed by atoms with Crippen LogP contribution in [0.25, 0.3) is 6.08 Å². The Morgan fingerprint density at radius 2 is 1.78 bits per heavy atom. The predicted molar refractivity (Wildman–Crippen MR) is 139 cm³/mol. The van der Waals surface area contributed by atoms with Crippen LogP contribution in [-0.2, 0) is 9.59 Å². The van der Waals surface area contributed by atoms with Crippen molar-refractivity contribution < 1.29 is 23.5 Å². The maximum absolute atomic E-state index is 13.4. The lowest BCUT2D eigenvalue weighted by atomic mass is 9.97. The van der Waals surface area contributed by atoms with E-state index in [-0.39, 0.29) is 24.4 Å². The van der Waals surface area contributed by atoms with E-state index in [2.05, 4.69) is 10.4 Å². The monoisotopic (exact) mass is 515 g/mol. The first-order valence-corrected chi connectivity index (χ1v) is 12.4. The second-order valence-corrected chi connectivity index (χ2v) is 9.65. The summed E-state index contributed by atoms with van der Waals surface area (Å²) in [5.74, 6) is -0.592. The fraction of sp³-hybridized carbons (Fsp3) is 0.143. The van der Waals surface area contributed by atoms with E-state index in [9.17, 15) is 18.8 Å². The molecule has 1 saturated heterocycles. The molecular weight excluding hydrogens is 493 g/mol. The van der Waals surface area contributed by atoms with Gasteiger partial charge in [-0.1, -0.05) is 54.1 Å². The van der Waals surface area contributed by atoms with Crippen molar-refractivity contribution in [2.24, 2.45) is 5.10 Å². The van der Waals surface area contributed by atoms with E-state index >= 15 is 0 Å². The van der Waals surface area contributed by atoms with Crippen LogP contribution >= 0.6 is 11.8 Å². The zero-order chi connectivity index (χ0) is 25.9. The van der Waals surface area contributed by atoms with Crippen LogP contribution in [0.2, 0.25) is 0 Å². The van der Waals surface area contributed by atoms with E-state index in [0.717, 1.165) is 34.0 Å². The van der Waals surface area contributed by atoms with Crippen LogP contribution in [0.1, 0.15) is 34.7 Å². The zero-order valence-electron chi connectivity index (χ0n) is 19.8. The summed E-state index contributed by atoms with van der Waals surface area (Å²) < 4.78 is 19.2. The van der Waals surface area contributed by atoms with Gasteiger partial charge in [0.05, 0.1) is 16.7 Å². The Morgan fingerprint density at radius 3 is 2.43 bits per heavy atom. The third-order valence-electron chi connectivity index (χ3n) is 5.99. The van der Waals surface area contributed by atoms with Gasteiger partial charge in [0.25, 0.3) is 17.1 Å². The minimum atomic E-state index is -0.421. The van der Waals surface area contributed by atoms with Gasteiger partial charge in [-0.2, -0.15) is 5.10 Å². The van der Waals surface area contributed by atoms with Gasteiger partial charge in [-0.15, -0.1) is 0 Å². The lowest BCUT2D eigenvalue weighted by Crippen LogP contribution is -2.31. The van der Waals surface area contributed by atoms with Crippen molar-refractivity contribution in [3.63, 3.8) is 0 Å². The summed E-state index contributed by atoms with van der Waals surface area (Å²) in [6, 6.07) is 20.6. The number of hydrogen-bond acceptors (Lipinski definition) is 6. The van der Waals surface area contributed by atoms with Crippen molar-refractivity contribution in [1.82, 2.24) is 10.3 Å². The van der Waals surface area contributed by atoms with Crippen molar-refractivity contribution in [1.29, 1.82) is 0 Å². The molecule has 0 aromatic heterocycles. The number of thioether (sulfide) groups is 1. The molecule has 0 spiro atoms. The average molecular weight is 516 g/mol. The molecule has 2 heterocycles. The van der Waals surface area contributed by atoms with Gasteiger partial charge in [-0.05, 0) is 65.7 Å². The molecule has 3 aromatic rings. The third-order valence-corrected chi connectivity index (χ3v) is 6.80. The third kappa shape index (κ3) is 5.62. The number of benzene rings is 3. The van der Waals surface area contributed by atoms with Crippen LogP contribution in [-0.4, -0.2) is 34.4 Å². The fourth-order valence-corrected chi connectivity index (χ4v) is 4.73. The highest BCUT2D eigenvalue weighted by atomic mass is 32.2. The smallest absolute Gasteiger partial charge is 0.290 e. The molecule has 37 heavy (non-hydrogen) atoms. The average Bonchev–Trinajstić information content (AvgIpc) is 3.47. The van der Waals surface area contributed by atoms with Crippen LogP contribution < -0.4 is 10.1 Å². The summed E-state index contributed by atoms with van der Waals surface area (Å²) in [5, 5.41) is 7.84. The number of hydrogen-bond donors (Lipinski definition) is 1. The quantitative estimate of drug-likeness (QED) is 0.455. The number of hydrazone groups is 1. The van der Waals surface area contributed by atoms with Gasteiger partial charge in [-0.25, -0.2) is 9.40 Å². The van der Waals surface area contributed by atoms with E-state index in [1.807, 2.05) is 31.2 Å². The van der Waals surface area contributed by atoms with Gasteiger partial charge >= 0.3 is 0 Å². The SMILES string of the molecule is Cc1ccc(C2CC(c3ccc(F)cc3)=NN2C(=O)COc2ccc(/C=C3/SC(=O)NC3=O)cc2)cc1. The van der Waals surface area contributed by atoms with Crippen molar-refractivity contribution in [2.75, 3.05) is 6.61 Å². The summed E-state index contributed by atoms with van der Waals surface area (Å²) in [5.41, 5.74) is 4.24. The van der Waals surface area contributed by atoms with Crippen molar-refractivity contribution in [2.45, 2.75) is 19.4 Å². The van der Waals surface area contributed by atoms with Crippen LogP contribution in [0.3, 0.4) is 0 Å². The Bertz CT molecular complexity index is 1420. The predicted octanol–water partition coefficient (Wildman–Crippen LogP) is 5.21. The molecule has 7 nitrogen and oxygen atoms in total. The molecule has 2 aliphatic rings. The molecule has 1 atom stereocenters. The normalized spacial score (nSPS) is 18.2. The summed E-state index contributed by atoms with van der Waals surface area (Å²) in [6.45, 7) is 1.77. The molecule has 0 aliphatic carbocycles. The molecule has 3 aromatic carbocycles. The summed E-state index contributed by atoms with van der Waals surface area (Å²) in [4.78, 5) is 36.6. The van der Waals surface area contributed by atoms with E-state index in [4.69, 9.17) is 4.74 Å². The number of nitrogens with zero attached hydrogens (tertiary/aromatic N) is 2. The van der Waals surface area contributed by atoms with Gasteiger partial charge in [0.1, 0.15) is 11.6 Å². The van der Waals surface area contributed by atoms with Gasteiger partial charge in [0, 0.05) is 6.42 Å². The molecule has 1 unspecified atom stereocenters. The van der Waals surface area contributed by atoms with Crippen molar-refractivity contribution >= 4 is 40.6 Å². The largest absolute Gasteiger partial charge is 0.484 e. The minimum Gasteiger partial charge on any atom is -0.484 e. The van der Waals surface area contributed by atoms with Gasteiger partial charge < -0.3 is 4.74 Å². The summed E-state index contributed by atoms with van der Waals surface area (Å²) in [7, 11) is 0. The number of amides is 3. The Morgan fingerprint density at radius 1 is 1.08 bits per heavy atom. The van der Waals surface area contributed by atoms with Crippen molar-refractivity contribution in [3.05, 3.63) is 106 Å². The fourth-order valence-electron chi connectivity index (χ4n) is 4.05. The Hall–Kier alpha value is -4.24. The molecule has 0 saturated carbocycles. The number of aryl methyl sites for hydroxylation is 1. The van der Waals surface area contributed by atoms with Crippen molar-refractivity contribution in [3.8, 4) is 5.75 Å². The number of ether oxygens (including phenoxy) is 1. The number of imide groups is 1. The number of rotatable bonds is 6. The topological polar surface area (TPSA) is 88.1 Å². The number of carbonyl (C=O) groups excluding carboxylic acids is 3. The minimum absolute atomic E-state index is 0.226. The van der Waals surface area contributed by atoms with Gasteiger partial charge in [0.15, 0.2) is 6.61 Å². The highest BCUT2D eigenvalue weighted by Gasteiger charge is 2.33. The molecule has 186 valence electrons. The number of nitrogens with one attached hydrogen (secondary N) is 1. The maximum Gasteiger partial charge on any atom is 0.290 e. The molecule has 9 heteroatoms. The Labute approximate surface area is 217 Å². The molecule has 1 fully saturated rings. The van der Waals surface area contributed by atoms with Crippen LogP contribution in [0.5, 0.6) is 5.75 Å². The van der Waals surface area contributed by atoms with E-state index in [0.29, 0.717) is 22.8 Å². The standard InChI is InChI=1S/C28H22FN3O4S/c1-17-2-6-20(7-3-17)24-15-23(19-8-10-21(29)11-9-19)31-32(24)26(33)16-36-22-12-4-18(5-13-22)14-25-27(34)30-28(35)37-25/h2-14,24H,15-16H2,1H3,(H,30,34,35)/b25-14+. The van der Waals surface area contributed by atoms with Crippen LogP contribution in [0, 0.1) is 12.7 Å². The summed E-state index contributed by atoms with van der Waals surface area (Å²) in [6.07, 6.45) is 2.11. The molecule has 5 rings (SSSR count). The molecule has 1 N–H and O–H groups in total. The Balaban J connectivity index is 1.30. The first kappa shape index (κ1) is 24.5. The molecule has 0 radical (unpaired) electrons. The molecule has 2 aliphatic heterocycles. The lowest BCUT2D eigenvalue weighted by Gasteiger charge is -2.22. The summed E-state index contributed by atoms with van der Waals surface area (Å²) >= 11 is 0.848. The maximum atomic E-state index is 13.4. The van der Waals surface area contributed by atoms with E-state index in [1.54, 1.807) is 42.5 Å². The highest BCUT2D eigenvalue weighted by Crippen LogP contribution is 2.33. The van der Waals surface area contributed by atoms with Crippen LogP contribution in [0.15, 0.2) is 82.8 Å². The number of halogens is 1. The first-order valence-electron chi connectivity index (χ1n) is 11.6. The first-order chi connectivity index (χ1) is 17.9. The molecule has 0 bridgehead atoms. The van der Waals surface area contributed by atoms with Gasteiger partial charge in [-0.3, -0.25) is 19.7 Å². The number of carbonyl (C=O) groups is 3. The second-order valence-electron chi connectivity index (χ2n) is 8.63. The highest BCUT2D eigenvalue weighted by molar-refractivity contribution is 8.18. The zero-order valence-corrected chi connectivity index (χ0v) is 20.6. The van der Waals surface area contributed by atoms with E-state index in [1.165, 1.54) is 17.1 Å². The lowest BCUT2D eigenvalue weighted by molar-refractivity contribution is -0.135. The molecule has 3 amide bonds.